The van der Waals surface area contributed by atoms with Crippen LogP contribution in [0.4, 0.5) is 4.39 Å². The van der Waals surface area contributed by atoms with Gasteiger partial charge in [-0.25, -0.2) is 4.79 Å². The van der Waals surface area contributed by atoms with Crippen molar-refractivity contribution in [3.05, 3.63) is 32.3 Å². The Hall–Kier alpha value is -1.55. The van der Waals surface area contributed by atoms with Gasteiger partial charge in [0.25, 0.3) is 5.56 Å². The van der Waals surface area contributed by atoms with Gasteiger partial charge < -0.3 is 25.0 Å². The second kappa shape index (κ2) is 4.61. The smallest absolute Gasteiger partial charge is 0.326 e. The monoisotopic (exact) mass is 262 g/mol. The molecule has 0 spiro atoms. The van der Waals surface area contributed by atoms with E-state index in [2.05, 4.69) is 0 Å². The van der Waals surface area contributed by atoms with Crippen LogP contribution >= 0.6 is 0 Å². The fourth-order valence-electron chi connectivity index (χ4n) is 1.74. The van der Waals surface area contributed by atoms with Gasteiger partial charge in [-0.2, -0.15) is 4.39 Å². The first kappa shape index (κ1) is 12.9. The van der Waals surface area contributed by atoms with Crippen molar-refractivity contribution in [2.24, 2.45) is 0 Å². The third kappa shape index (κ3) is 2.08. The third-order valence-corrected chi connectivity index (χ3v) is 2.70. The fourth-order valence-corrected chi connectivity index (χ4v) is 1.74. The van der Waals surface area contributed by atoms with E-state index in [1.54, 1.807) is 4.98 Å². The molecule has 1 saturated heterocycles. The normalized spacial score (nSPS) is 32.4. The summed E-state index contributed by atoms with van der Waals surface area (Å²) in [6, 6.07) is 0. The third-order valence-electron chi connectivity index (χ3n) is 2.70. The van der Waals surface area contributed by atoms with Gasteiger partial charge in [-0.15, -0.1) is 0 Å². The number of aliphatic hydroxyl groups is 3. The lowest BCUT2D eigenvalue weighted by molar-refractivity contribution is -0.191. The summed E-state index contributed by atoms with van der Waals surface area (Å²) in [6.45, 7) is -0.364. The summed E-state index contributed by atoms with van der Waals surface area (Å²) in [7, 11) is 0. The Kier molecular flexibility index (Phi) is 3.30. The molecule has 1 aromatic rings. The average molecular weight is 262 g/mol. The van der Waals surface area contributed by atoms with Crippen molar-refractivity contribution < 1.29 is 24.4 Å². The maximum Gasteiger partial charge on any atom is 0.326 e. The lowest BCUT2D eigenvalue weighted by Crippen LogP contribution is -2.50. The Morgan fingerprint density at radius 3 is 2.50 bits per heavy atom. The summed E-state index contributed by atoms with van der Waals surface area (Å²) >= 11 is 0. The minimum atomic E-state index is -1.67. The fraction of sp³-hybridized carbons (Fsp3) is 0.556. The zero-order valence-corrected chi connectivity index (χ0v) is 8.96. The SMILES string of the molecule is O=c1[nH]c(C2OC[C@H](O)[C@H](O)[C@@H]2O)c(F)c(=O)[nH]1. The van der Waals surface area contributed by atoms with Gasteiger partial charge in [0.15, 0.2) is 0 Å². The molecule has 18 heavy (non-hydrogen) atoms. The van der Waals surface area contributed by atoms with Crippen LogP contribution in [0.15, 0.2) is 9.59 Å². The highest BCUT2D eigenvalue weighted by Crippen LogP contribution is 2.27. The van der Waals surface area contributed by atoms with Crippen LogP contribution < -0.4 is 11.2 Å². The molecule has 1 aromatic heterocycles. The number of aromatic nitrogens is 2. The number of aliphatic hydroxyl groups excluding tert-OH is 3. The van der Waals surface area contributed by atoms with E-state index in [9.17, 15) is 29.3 Å². The first-order valence-electron chi connectivity index (χ1n) is 5.09. The molecule has 0 radical (unpaired) electrons. The number of ether oxygens (including phenoxy) is 1. The molecule has 5 N–H and O–H groups in total. The summed E-state index contributed by atoms with van der Waals surface area (Å²) < 4.78 is 18.4. The molecule has 1 aliphatic heterocycles. The van der Waals surface area contributed by atoms with Crippen molar-refractivity contribution >= 4 is 0 Å². The first-order valence-corrected chi connectivity index (χ1v) is 5.09. The number of halogens is 1. The van der Waals surface area contributed by atoms with Gasteiger partial charge in [0.2, 0.25) is 5.82 Å². The van der Waals surface area contributed by atoms with Crippen LogP contribution in [-0.4, -0.2) is 50.2 Å². The van der Waals surface area contributed by atoms with Crippen molar-refractivity contribution in [1.82, 2.24) is 9.97 Å². The summed E-state index contributed by atoms with van der Waals surface area (Å²) in [5.41, 5.74) is -2.79. The second-order valence-corrected chi connectivity index (χ2v) is 3.94. The molecule has 1 unspecified atom stereocenters. The quantitative estimate of drug-likeness (QED) is 0.375. The zero-order valence-electron chi connectivity index (χ0n) is 8.96. The van der Waals surface area contributed by atoms with Crippen LogP contribution in [-0.2, 0) is 4.74 Å². The molecule has 0 bridgehead atoms. The molecule has 4 atom stereocenters. The Bertz CT molecular complexity index is 555. The van der Waals surface area contributed by atoms with Crippen molar-refractivity contribution in [3.63, 3.8) is 0 Å². The van der Waals surface area contributed by atoms with Crippen LogP contribution in [0.3, 0.4) is 0 Å². The van der Waals surface area contributed by atoms with Crippen LogP contribution in [0.5, 0.6) is 0 Å². The molecule has 9 heteroatoms. The topological polar surface area (TPSA) is 136 Å². The predicted octanol–water partition coefficient (Wildman–Crippen LogP) is -2.64. The zero-order chi connectivity index (χ0) is 13.4. The van der Waals surface area contributed by atoms with Crippen LogP contribution in [0.1, 0.15) is 11.8 Å². The van der Waals surface area contributed by atoms with Crippen LogP contribution in [0.25, 0.3) is 0 Å². The largest absolute Gasteiger partial charge is 0.388 e. The molecule has 0 aliphatic carbocycles. The van der Waals surface area contributed by atoms with Crippen LogP contribution in [0.2, 0.25) is 0 Å². The van der Waals surface area contributed by atoms with Crippen molar-refractivity contribution in [3.8, 4) is 0 Å². The molecule has 2 heterocycles. The lowest BCUT2D eigenvalue weighted by atomic mass is 9.97. The van der Waals surface area contributed by atoms with Gasteiger partial charge in [0.1, 0.15) is 24.4 Å². The van der Waals surface area contributed by atoms with E-state index in [1.807, 2.05) is 4.98 Å². The van der Waals surface area contributed by atoms with Crippen LogP contribution in [0, 0.1) is 5.82 Å². The molecule has 8 nitrogen and oxygen atoms in total. The van der Waals surface area contributed by atoms with Crippen molar-refractivity contribution in [1.29, 1.82) is 0 Å². The highest BCUT2D eigenvalue weighted by molar-refractivity contribution is 5.10. The molecular formula is C9H11FN2O6. The summed E-state index contributed by atoms with van der Waals surface area (Å²) in [5.74, 6) is -1.32. The minimum absolute atomic E-state index is 0.364. The molecular weight excluding hydrogens is 251 g/mol. The predicted molar refractivity (Wildman–Crippen MR) is 54.4 cm³/mol. The lowest BCUT2D eigenvalue weighted by Gasteiger charge is -2.34. The number of hydrogen-bond acceptors (Lipinski definition) is 6. The maximum absolute atomic E-state index is 13.5. The van der Waals surface area contributed by atoms with Gasteiger partial charge >= 0.3 is 5.69 Å². The Labute approximate surface area is 98.7 Å². The Morgan fingerprint density at radius 1 is 1.17 bits per heavy atom. The minimum Gasteiger partial charge on any atom is -0.388 e. The van der Waals surface area contributed by atoms with E-state index in [4.69, 9.17) is 4.74 Å². The molecule has 100 valence electrons. The van der Waals surface area contributed by atoms with E-state index >= 15 is 0 Å². The average Bonchev–Trinajstić information content (AvgIpc) is 2.31. The molecule has 1 fully saturated rings. The van der Waals surface area contributed by atoms with Gasteiger partial charge in [-0.05, 0) is 0 Å². The van der Waals surface area contributed by atoms with E-state index < -0.39 is 47.2 Å². The standard InChI is InChI=1S/C9H11FN2O6/c10-3-4(11-9(17)12-8(3)16)7-6(15)5(14)2(13)1-18-7/h2,5-7,13-15H,1H2,(H2,11,12,16,17)/t2-,5-,6-,7?/m0/s1. The number of rotatable bonds is 1. The number of hydrogen-bond donors (Lipinski definition) is 5. The first-order chi connectivity index (χ1) is 8.41. The molecule has 0 amide bonds. The highest BCUT2D eigenvalue weighted by Gasteiger charge is 2.40. The number of nitrogens with one attached hydrogen (secondary N) is 2. The molecule has 0 saturated carbocycles. The van der Waals surface area contributed by atoms with Gasteiger partial charge in [-0.3, -0.25) is 9.78 Å². The summed E-state index contributed by atoms with van der Waals surface area (Å²) in [4.78, 5) is 25.7. The molecule has 1 aliphatic rings. The molecule has 2 rings (SSSR count). The van der Waals surface area contributed by atoms with Gasteiger partial charge in [-0.1, -0.05) is 0 Å². The number of aromatic amines is 2. The summed E-state index contributed by atoms with van der Waals surface area (Å²) in [5, 5.41) is 28.3. The second-order valence-electron chi connectivity index (χ2n) is 3.94. The van der Waals surface area contributed by atoms with Gasteiger partial charge in [0, 0.05) is 0 Å². The van der Waals surface area contributed by atoms with Crippen molar-refractivity contribution in [2.45, 2.75) is 24.4 Å². The Balaban J connectivity index is 2.43. The Morgan fingerprint density at radius 2 is 1.83 bits per heavy atom. The van der Waals surface area contributed by atoms with E-state index in [-0.39, 0.29) is 6.61 Å². The molecule has 0 aromatic carbocycles. The highest BCUT2D eigenvalue weighted by atomic mass is 19.1. The van der Waals surface area contributed by atoms with E-state index in [1.165, 1.54) is 0 Å². The van der Waals surface area contributed by atoms with E-state index in [0.29, 0.717) is 0 Å². The van der Waals surface area contributed by atoms with Gasteiger partial charge in [0.05, 0.1) is 12.3 Å². The summed E-state index contributed by atoms with van der Waals surface area (Å²) in [6.07, 6.45) is -5.99. The number of H-pyrrole nitrogens is 2. The maximum atomic E-state index is 13.5. The van der Waals surface area contributed by atoms with E-state index in [0.717, 1.165) is 0 Å². The van der Waals surface area contributed by atoms with Crippen molar-refractivity contribution in [2.75, 3.05) is 6.61 Å².